The zero-order chi connectivity index (χ0) is 16.0. The molecule has 0 bridgehead atoms. The minimum Gasteiger partial charge on any atom is -0.262 e. The number of rotatable bonds is 2. The quantitative estimate of drug-likeness (QED) is 0.923. The summed E-state index contributed by atoms with van der Waals surface area (Å²) in [4.78, 5) is 4.49. The summed E-state index contributed by atoms with van der Waals surface area (Å²) in [5.41, 5.74) is 2.31. The molecule has 1 aromatic carbocycles. The first-order chi connectivity index (χ1) is 10.2. The summed E-state index contributed by atoms with van der Waals surface area (Å²) in [6, 6.07) is 8.20. The molecule has 1 aromatic heterocycles. The molecule has 118 valence electrons. The van der Waals surface area contributed by atoms with Crippen molar-refractivity contribution in [3.05, 3.63) is 35.7 Å². The molecule has 0 amide bonds. The van der Waals surface area contributed by atoms with Gasteiger partial charge in [0.25, 0.3) is 0 Å². The highest BCUT2D eigenvalue weighted by molar-refractivity contribution is 7.91. The fraction of sp³-hybridized carbons (Fsp3) is 0.500. The number of aromatic amines is 1. The lowest BCUT2D eigenvalue weighted by molar-refractivity contribution is 0.590. The van der Waals surface area contributed by atoms with Crippen LogP contribution < -0.4 is 0 Å². The van der Waals surface area contributed by atoms with Crippen LogP contribution in [0.1, 0.15) is 44.5 Å². The summed E-state index contributed by atoms with van der Waals surface area (Å²) < 4.78 is 23.1. The van der Waals surface area contributed by atoms with Gasteiger partial charge in [0.15, 0.2) is 15.7 Å². The van der Waals surface area contributed by atoms with Crippen LogP contribution in [0.3, 0.4) is 0 Å². The third kappa shape index (κ3) is 3.06. The number of nitrogens with zero attached hydrogens (tertiary/aromatic N) is 2. The topological polar surface area (TPSA) is 75.7 Å². The Morgan fingerprint density at radius 1 is 1.18 bits per heavy atom. The van der Waals surface area contributed by atoms with Crippen LogP contribution in [0.4, 0.5) is 0 Å². The maximum atomic E-state index is 11.6. The lowest BCUT2D eigenvalue weighted by Crippen LogP contribution is -2.10. The SMILES string of the molecule is CC(C)(C)c1ccc(-c2n[nH]c(C3CCS(=O)(=O)C3)n2)cc1. The van der Waals surface area contributed by atoms with Crippen molar-refractivity contribution in [1.82, 2.24) is 15.2 Å². The van der Waals surface area contributed by atoms with Gasteiger partial charge >= 0.3 is 0 Å². The molecule has 3 rings (SSSR count). The first-order valence-corrected chi connectivity index (χ1v) is 9.30. The van der Waals surface area contributed by atoms with Crippen molar-refractivity contribution in [1.29, 1.82) is 0 Å². The van der Waals surface area contributed by atoms with Crippen LogP contribution >= 0.6 is 0 Å². The van der Waals surface area contributed by atoms with Crippen LogP contribution in [0.5, 0.6) is 0 Å². The fourth-order valence-corrected chi connectivity index (χ4v) is 4.46. The smallest absolute Gasteiger partial charge is 0.181 e. The van der Waals surface area contributed by atoms with Crippen LogP contribution in [-0.4, -0.2) is 35.1 Å². The molecule has 0 aliphatic carbocycles. The molecule has 6 heteroatoms. The zero-order valence-electron chi connectivity index (χ0n) is 13.1. The van der Waals surface area contributed by atoms with E-state index in [2.05, 4.69) is 48.1 Å². The molecule has 1 fully saturated rings. The van der Waals surface area contributed by atoms with Crippen molar-refractivity contribution in [2.75, 3.05) is 11.5 Å². The van der Waals surface area contributed by atoms with Crippen LogP contribution in [0.25, 0.3) is 11.4 Å². The second-order valence-electron chi connectivity index (χ2n) is 6.97. The first-order valence-electron chi connectivity index (χ1n) is 7.48. The summed E-state index contributed by atoms with van der Waals surface area (Å²) in [6.07, 6.45) is 0.625. The maximum absolute atomic E-state index is 11.6. The summed E-state index contributed by atoms with van der Waals surface area (Å²) >= 11 is 0. The Hall–Kier alpha value is -1.69. The molecule has 1 atom stereocenters. The average molecular weight is 319 g/mol. The van der Waals surface area contributed by atoms with Gasteiger partial charge in [-0.3, -0.25) is 5.10 Å². The molecule has 2 aromatic rings. The second-order valence-corrected chi connectivity index (χ2v) is 9.20. The average Bonchev–Trinajstić information content (AvgIpc) is 3.04. The molecule has 1 N–H and O–H groups in total. The Kier molecular flexibility index (Phi) is 3.59. The van der Waals surface area contributed by atoms with Gasteiger partial charge in [0.05, 0.1) is 11.5 Å². The van der Waals surface area contributed by atoms with Crippen molar-refractivity contribution in [3.8, 4) is 11.4 Å². The molecular weight excluding hydrogens is 298 g/mol. The van der Waals surface area contributed by atoms with Crippen LogP contribution in [-0.2, 0) is 15.3 Å². The zero-order valence-corrected chi connectivity index (χ0v) is 13.9. The predicted octanol–water partition coefficient (Wildman–Crippen LogP) is 2.67. The molecule has 0 saturated carbocycles. The lowest BCUT2D eigenvalue weighted by atomic mass is 9.87. The van der Waals surface area contributed by atoms with Crippen molar-refractivity contribution in [3.63, 3.8) is 0 Å². The van der Waals surface area contributed by atoms with Gasteiger partial charge < -0.3 is 0 Å². The standard InChI is InChI=1S/C16H21N3O2S/c1-16(2,3)13-6-4-11(5-7-13)14-17-15(19-18-14)12-8-9-22(20,21)10-12/h4-7,12H,8-10H2,1-3H3,(H,17,18,19). The molecule has 0 radical (unpaired) electrons. The predicted molar refractivity (Wildman–Crippen MR) is 86.5 cm³/mol. The fourth-order valence-electron chi connectivity index (χ4n) is 2.72. The van der Waals surface area contributed by atoms with E-state index in [4.69, 9.17) is 0 Å². The highest BCUT2D eigenvalue weighted by Crippen LogP contribution is 2.28. The van der Waals surface area contributed by atoms with Gasteiger partial charge in [0.2, 0.25) is 0 Å². The molecule has 1 unspecified atom stereocenters. The van der Waals surface area contributed by atoms with Crippen molar-refractivity contribution in [2.24, 2.45) is 0 Å². The van der Waals surface area contributed by atoms with Crippen LogP contribution in [0.15, 0.2) is 24.3 Å². The maximum Gasteiger partial charge on any atom is 0.181 e. The van der Waals surface area contributed by atoms with Gasteiger partial charge in [0, 0.05) is 11.5 Å². The van der Waals surface area contributed by atoms with Crippen molar-refractivity contribution >= 4 is 9.84 Å². The van der Waals surface area contributed by atoms with Gasteiger partial charge in [-0.05, 0) is 17.4 Å². The largest absolute Gasteiger partial charge is 0.262 e. The number of benzene rings is 1. The van der Waals surface area contributed by atoms with Gasteiger partial charge in [-0.1, -0.05) is 45.0 Å². The molecule has 1 aliphatic heterocycles. The molecule has 1 saturated heterocycles. The monoisotopic (exact) mass is 319 g/mol. The number of aromatic nitrogens is 3. The molecular formula is C16H21N3O2S. The van der Waals surface area contributed by atoms with E-state index >= 15 is 0 Å². The molecule has 2 heterocycles. The number of H-pyrrole nitrogens is 1. The highest BCUT2D eigenvalue weighted by atomic mass is 32.2. The minimum absolute atomic E-state index is 0.0555. The van der Waals surface area contributed by atoms with Crippen LogP contribution in [0, 0.1) is 0 Å². The summed E-state index contributed by atoms with van der Waals surface area (Å²) in [5, 5.41) is 7.14. The second kappa shape index (κ2) is 5.19. The Morgan fingerprint density at radius 3 is 2.41 bits per heavy atom. The minimum atomic E-state index is -2.91. The van der Waals surface area contributed by atoms with Gasteiger partial charge in [-0.2, -0.15) is 5.10 Å². The number of hydrogen-bond acceptors (Lipinski definition) is 4. The highest BCUT2D eigenvalue weighted by Gasteiger charge is 2.31. The van der Waals surface area contributed by atoms with E-state index in [0.29, 0.717) is 18.1 Å². The first kappa shape index (κ1) is 15.2. The molecule has 0 spiro atoms. The van der Waals surface area contributed by atoms with E-state index in [9.17, 15) is 8.42 Å². The van der Waals surface area contributed by atoms with E-state index in [0.717, 1.165) is 5.56 Å². The van der Waals surface area contributed by atoms with E-state index < -0.39 is 9.84 Å². The number of sulfone groups is 1. The van der Waals surface area contributed by atoms with E-state index in [1.54, 1.807) is 0 Å². The normalized spacial score (nSPS) is 21.1. The van der Waals surface area contributed by atoms with Gasteiger partial charge in [-0.15, -0.1) is 0 Å². The van der Waals surface area contributed by atoms with E-state index in [1.165, 1.54) is 5.56 Å². The third-order valence-electron chi connectivity index (χ3n) is 4.13. The van der Waals surface area contributed by atoms with Crippen LogP contribution in [0.2, 0.25) is 0 Å². The molecule has 5 nitrogen and oxygen atoms in total. The summed E-state index contributed by atoms with van der Waals surface area (Å²) in [5.74, 6) is 1.66. The van der Waals surface area contributed by atoms with Gasteiger partial charge in [-0.25, -0.2) is 13.4 Å². The van der Waals surface area contributed by atoms with E-state index in [-0.39, 0.29) is 22.8 Å². The molecule has 22 heavy (non-hydrogen) atoms. The Balaban J connectivity index is 1.82. The molecule has 1 aliphatic rings. The Bertz CT molecular complexity index is 770. The van der Waals surface area contributed by atoms with E-state index in [1.807, 2.05) is 12.1 Å². The summed E-state index contributed by atoms with van der Waals surface area (Å²) in [7, 11) is -2.91. The number of hydrogen-bond donors (Lipinski definition) is 1. The van der Waals surface area contributed by atoms with Crippen molar-refractivity contribution < 1.29 is 8.42 Å². The Morgan fingerprint density at radius 2 is 1.86 bits per heavy atom. The van der Waals surface area contributed by atoms with Crippen molar-refractivity contribution in [2.45, 2.75) is 38.5 Å². The Labute approximate surface area is 131 Å². The lowest BCUT2D eigenvalue weighted by Gasteiger charge is -2.18. The third-order valence-corrected chi connectivity index (χ3v) is 5.90. The van der Waals surface area contributed by atoms with Gasteiger partial charge in [0.1, 0.15) is 5.82 Å². The summed E-state index contributed by atoms with van der Waals surface area (Å²) in [6.45, 7) is 6.52. The number of nitrogens with one attached hydrogen (secondary N) is 1.